The Morgan fingerprint density at radius 1 is 0.963 bits per heavy atom. The number of halogens is 1. The van der Waals surface area contributed by atoms with E-state index in [1.807, 2.05) is 31.2 Å². The van der Waals surface area contributed by atoms with Crippen LogP contribution >= 0.6 is 0 Å². The third kappa shape index (κ3) is 3.67. The highest BCUT2D eigenvalue weighted by Gasteiger charge is 2.11. The lowest BCUT2D eigenvalue weighted by Gasteiger charge is -2.05. The zero-order valence-corrected chi connectivity index (χ0v) is 14.5. The molecule has 4 rings (SSSR count). The van der Waals surface area contributed by atoms with Gasteiger partial charge in [0.25, 0.3) is 5.56 Å². The van der Waals surface area contributed by atoms with Gasteiger partial charge in [0.05, 0.1) is 5.69 Å². The van der Waals surface area contributed by atoms with E-state index in [0.29, 0.717) is 17.1 Å². The summed E-state index contributed by atoms with van der Waals surface area (Å²) < 4.78 is 19.5. The van der Waals surface area contributed by atoms with Crippen LogP contribution in [0.5, 0.6) is 0 Å². The first-order valence-electron chi connectivity index (χ1n) is 8.32. The zero-order valence-electron chi connectivity index (χ0n) is 14.5. The second-order valence-electron chi connectivity index (χ2n) is 6.10. The molecular weight excluding hydrogens is 347 g/mol. The lowest BCUT2D eigenvalue weighted by Crippen LogP contribution is -2.23. The van der Waals surface area contributed by atoms with Gasteiger partial charge in [-0.25, -0.2) is 9.07 Å². The highest BCUT2D eigenvalue weighted by Crippen LogP contribution is 2.18. The van der Waals surface area contributed by atoms with Crippen LogP contribution in [0.4, 0.5) is 4.39 Å². The first-order valence-corrected chi connectivity index (χ1v) is 8.32. The highest BCUT2D eigenvalue weighted by molar-refractivity contribution is 5.58. The summed E-state index contributed by atoms with van der Waals surface area (Å²) in [6, 6.07) is 16.8. The Bertz CT molecular complexity index is 1130. The van der Waals surface area contributed by atoms with Gasteiger partial charge >= 0.3 is 0 Å². The predicted molar refractivity (Wildman–Crippen MR) is 97.5 cm³/mol. The van der Waals surface area contributed by atoms with E-state index >= 15 is 0 Å². The summed E-state index contributed by atoms with van der Waals surface area (Å²) in [6.07, 6.45) is 0. The quantitative estimate of drug-likeness (QED) is 0.556. The molecule has 0 unspecified atom stereocenters. The molecule has 2 heterocycles. The summed E-state index contributed by atoms with van der Waals surface area (Å²) in [4.78, 5) is 16.4. The molecule has 0 aliphatic rings. The fraction of sp³-hybridized carbons (Fsp3) is 0.100. The van der Waals surface area contributed by atoms with Crippen LogP contribution in [0.25, 0.3) is 22.6 Å². The minimum Gasteiger partial charge on any atom is -0.337 e. The maximum atomic E-state index is 13.0. The van der Waals surface area contributed by atoms with Crippen LogP contribution in [0.2, 0.25) is 0 Å². The molecule has 2 aromatic heterocycles. The van der Waals surface area contributed by atoms with Crippen LogP contribution in [0, 0.1) is 12.7 Å². The van der Waals surface area contributed by atoms with Crippen LogP contribution < -0.4 is 5.56 Å². The van der Waals surface area contributed by atoms with Gasteiger partial charge in [0, 0.05) is 17.2 Å². The number of aromatic nitrogens is 4. The van der Waals surface area contributed by atoms with E-state index in [-0.39, 0.29) is 23.8 Å². The maximum absolute atomic E-state index is 13.0. The van der Waals surface area contributed by atoms with Crippen molar-refractivity contribution in [2.45, 2.75) is 13.5 Å². The Morgan fingerprint density at radius 2 is 1.67 bits per heavy atom. The number of rotatable bonds is 4. The Hall–Kier alpha value is -3.61. The van der Waals surface area contributed by atoms with Crippen molar-refractivity contribution in [3.05, 3.63) is 88.3 Å². The van der Waals surface area contributed by atoms with E-state index in [1.165, 1.54) is 22.9 Å². The maximum Gasteiger partial charge on any atom is 0.267 e. The van der Waals surface area contributed by atoms with Gasteiger partial charge in [0.1, 0.15) is 12.4 Å². The smallest absolute Gasteiger partial charge is 0.267 e. The fourth-order valence-corrected chi connectivity index (χ4v) is 2.60. The van der Waals surface area contributed by atoms with E-state index < -0.39 is 0 Å². The zero-order chi connectivity index (χ0) is 18.8. The molecule has 7 heteroatoms. The van der Waals surface area contributed by atoms with Gasteiger partial charge < -0.3 is 4.52 Å². The van der Waals surface area contributed by atoms with Gasteiger partial charge in [-0.2, -0.15) is 10.1 Å². The molecule has 0 radical (unpaired) electrons. The summed E-state index contributed by atoms with van der Waals surface area (Å²) in [6.45, 7) is 2.05. The Kier molecular flexibility index (Phi) is 4.33. The van der Waals surface area contributed by atoms with E-state index in [1.54, 1.807) is 18.2 Å². The lowest BCUT2D eigenvalue weighted by molar-refractivity contribution is 0.363. The summed E-state index contributed by atoms with van der Waals surface area (Å²) in [5.41, 5.74) is 3.08. The first kappa shape index (κ1) is 16.8. The van der Waals surface area contributed by atoms with E-state index in [2.05, 4.69) is 15.2 Å². The molecule has 0 N–H and O–H groups in total. The van der Waals surface area contributed by atoms with Crippen LogP contribution in [-0.2, 0) is 6.54 Å². The molecular formula is C20H15FN4O2. The average molecular weight is 362 g/mol. The molecule has 27 heavy (non-hydrogen) atoms. The molecule has 0 atom stereocenters. The minimum atomic E-state index is -0.342. The second kappa shape index (κ2) is 6.95. The van der Waals surface area contributed by atoms with Gasteiger partial charge in [0.15, 0.2) is 0 Å². The van der Waals surface area contributed by atoms with Crippen molar-refractivity contribution in [1.82, 2.24) is 19.9 Å². The average Bonchev–Trinajstić information content (AvgIpc) is 3.13. The standard InChI is InChI=1S/C20H15FN4O2/c1-13-2-4-14(5-3-13)17-10-11-19(26)25(23-17)12-18-22-20(24-27-18)15-6-8-16(21)9-7-15/h2-11H,12H2,1H3. The Balaban J connectivity index is 1.61. The number of nitrogens with zero attached hydrogens (tertiary/aromatic N) is 4. The lowest BCUT2D eigenvalue weighted by atomic mass is 10.1. The minimum absolute atomic E-state index is 0.0483. The molecule has 0 saturated carbocycles. The van der Waals surface area contributed by atoms with Gasteiger partial charge in [-0.15, -0.1) is 0 Å². The number of aryl methyl sites for hydroxylation is 1. The molecule has 0 saturated heterocycles. The van der Waals surface area contributed by atoms with Gasteiger partial charge in [-0.3, -0.25) is 4.79 Å². The van der Waals surface area contributed by atoms with Gasteiger partial charge in [-0.05, 0) is 37.3 Å². The van der Waals surface area contributed by atoms with Crippen molar-refractivity contribution in [1.29, 1.82) is 0 Å². The molecule has 0 aliphatic carbocycles. The van der Waals surface area contributed by atoms with Gasteiger partial charge in [-0.1, -0.05) is 35.0 Å². The second-order valence-corrected chi connectivity index (χ2v) is 6.10. The molecule has 4 aromatic rings. The van der Waals surface area contributed by atoms with Crippen LogP contribution in [0.15, 0.2) is 70.0 Å². The van der Waals surface area contributed by atoms with Crippen molar-refractivity contribution in [2.75, 3.05) is 0 Å². The number of benzene rings is 2. The van der Waals surface area contributed by atoms with Crippen molar-refractivity contribution in [3.8, 4) is 22.6 Å². The van der Waals surface area contributed by atoms with Crippen molar-refractivity contribution in [3.63, 3.8) is 0 Å². The van der Waals surface area contributed by atoms with Crippen LogP contribution in [0.3, 0.4) is 0 Å². The molecule has 0 amide bonds. The summed E-state index contributed by atoms with van der Waals surface area (Å²) in [5, 5.41) is 8.27. The number of hydrogen-bond acceptors (Lipinski definition) is 5. The molecule has 2 aromatic carbocycles. The molecule has 134 valence electrons. The molecule has 0 bridgehead atoms. The van der Waals surface area contributed by atoms with Crippen molar-refractivity contribution < 1.29 is 8.91 Å². The van der Waals surface area contributed by atoms with Crippen molar-refractivity contribution >= 4 is 0 Å². The van der Waals surface area contributed by atoms with Crippen LogP contribution in [0.1, 0.15) is 11.5 Å². The monoisotopic (exact) mass is 362 g/mol. The molecule has 6 nitrogen and oxygen atoms in total. The predicted octanol–water partition coefficient (Wildman–Crippen LogP) is 3.46. The Morgan fingerprint density at radius 3 is 2.41 bits per heavy atom. The molecule has 0 spiro atoms. The van der Waals surface area contributed by atoms with Gasteiger partial charge in [0.2, 0.25) is 11.7 Å². The largest absolute Gasteiger partial charge is 0.337 e. The number of hydrogen-bond donors (Lipinski definition) is 0. The van der Waals surface area contributed by atoms with Crippen LogP contribution in [-0.4, -0.2) is 19.9 Å². The summed E-state index contributed by atoms with van der Waals surface area (Å²) in [7, 11) is 0. The topological polar surface area (TPSA) is 73.8 Å². The summed E-state index contributed by atoms with van der Waals surface area (Å²) >= 11 is 0. The SMILES string of the molecule is Cc1ccc(-c2ccc(=O)n(Cc3nc(-c4ccc(F)cc4)no3)n2)cc1. The highest BCUT2D eigenvalue weighted by atomic mass is 19.1. The normalized spacial score (nSPS) is 10.9. The summed E-state index contributed by atoms with van der Waals surface area (Å²) in [5.74, 6) is 0.226. The van der Waals surface area contributed by atoms with E-state index in [9.17, 15) is 9.18 Å². The third-order valence-corrected chi connectivity index (χ3v) is 4.07. The molecule has 0 fully saturated rings. The Labute approximate surface area is 153 Å². The fourth-order valence-electron chi connectivity index (χ4n) is 2.60. The van der Waals surface area contributed by atoms with Crippen molar-refractivity contribution in [2.24, 2.45) is 0 Å². The third-order valence-electron chi connectivity index (χ3n) is 4.07. The first-order chi connectivity index (χ1) is 13.1. The van der Waals surface area contributed by atoms with E-state index in [0.717, 1.165) is 11.1 Å². The van der Waals surface area contributed by atoms with E-state index in [4.69, 9.17) is 4.52 Å². The molecule has 0 aliphatic heterocycles.